The molecule has 2 fully saturated rings. The smallest absolute Gasteiger partial charge is 0.222 e. The van der Waals surface area contributed by atoms with Gasteiger partial charge in [-0.1, -0.05) is 6.92 Å². The van der Waals surface area contributed by atoms with Crippen molar-refractivity contribution in [3.05, 3.63) is 0 Å². The van der Waals surface area contributed by atoms with Crippen molar-refractivity contribution in [2.24, 2.45) is 17.1 Å². The molecule has 2 amide bonds. The van der Waals surface area contributed by atoms with E-state index in [-0.39, 0.29) is 17.7 Å². The number of rotatable bonds is 2. The molecule has 0 aromatic carbocycles. The van der Waals surface area contributed by atoms with Crippen molar-refractivity contribution in [3.8, 4) is 0 Å². The molecular weight excluding hydrogens is 204 g/mol. The van der Waals surface area contributed by atoms with E-state index in [4.69, 9.17) is 5.73 Å². The van der Waals surface area contributed by atoms with Crippen LogP contribution in [0.15, 0.2) is 0 Å². The topological polar surface area (TPSA) is 63.4 Å². The van der Waals surface area contributed by atoms with Crippen LogP contribution in [0.3, 0.4) is 0 Å². The highest BCUT2D eigenvalue weighted by Gasteiger charge is 2.46. The normalized spacial score (nSPS) is 24.2. The van der Waals surface area contributed by atoms with Crippen molar-refractivity contribution in [2.45, 2.75) is 39.0 Å². The van der Waals surface area contributed by atoms with Gasteiger partial charge >= 0.3 is 0 Å². The van der Waals surface area contributed by atoms with E-state index in [2.05, 4.69) is 0 Å². The van der Waals surface area contributed by atoms with Crippen LogP contribution in [0.5, 0.6) is 0 Å². The summed E-state index contributed by atoms with van der Waals surface area (Å²) in [6.45, 7) is 3.69. The first-order valence-corrected chi connectivity index (χ1v) is 6.13. The summed E-state index contributed by atoms with van der Waals surface area (Å²) < 4.78 is 0. The number of carbonyl (C=O) groups is 2. The number of likely N-dealkylation sites (tertiary alicyclic amines) is 1. The van der Waals surface area contributed by atoms with E-state index in [0.29, 0.717) is 11.8 Å². The van der Waals surface area contributed by atoms with Crippen molar-refractivity contribution in [1.82, 2.24) is 4.90 Å². The predicted octanol–water partition coefficient (Wildman–Crippen LogP) is 0.900. The van der Waals surface area contributed by atoms with E-state index in [1.165, 1.54) is 0 Å². The fraction of sp³-hybridized carbons (Fsp3) is 0.833. The highest BCUT2D eigenvalue weighted by Crippen LogP contribution is 2.45. The zero-order valence-electron chi connectivity index (χ0n) is 9.87. The molecule has 1 spiro atoms. The number of nitrogens with zero attached hydrogens (tertiary/aromatic N) is 1. The number of nitrogens with two attached hydrogens (primary N) is 1. The van der Waals surface area contributed by atoms with Crippen LogP contribution in [-0.2, 0) is 9.59 Å². The Bertz CT molecular complexity index is 298. The van der Waals surface area contributed by atoms with E-state index in [0.717, 1.165) is 38.8 Å². The number of hydrogen-bond acceptors (Lipinski definition) is 2. The number of amides is 2. The molecule has 0 aromatic heterocycles. The van der Waals surface area contributed by atoms with Gasteiger partial charge in [0, 0.05) is 30.8 Å². The molecule has 0 atom stereocenters. The first kappa shape index (κ1) is 11.4. The molecule has 1 heterocycles. The average molecular weight is 224 g/mol. The lowest BCUT2D eigenvalue weighted by Crippen LogP contribution is -2.59. The summed E-state index contributed by atoms with van der Waals surface area (Å²) in [6.07, 6.45) is 4.51. The zero-order valence-corrected chi connectivity index (χ0v) is 9.87. The summed E-state index contributed by atoms with van der Waals surface area (Å²) in [4.78, 5) is 24.4. The van der Waals surface area contributed by atoms with Gasteiger partial charge in [-0.25, -0.2) is 0 Å². The van der Waals surface area contributed by atoms with Crippen molar-refractivity contribution >= 4 is 11.8 Å². The molecule has 0 unspecified atom stereocenters. The number of primary amides is 1. The third-order valence-corrected chi connectivity index (χ3v) is 4.16. The summed E-state index contributed by atoms with van der Waals surface area (Å²) in [6, 6.07) is 0. The van der Waals surface area contributed by atoms with Crippen LogP contribution < -0.4 is 5.73 Å². The second-order valence-electron chi connectivity index (χ2n) is 5.28. The molecular formula is C12H20N2O2. The summed E-state index contributed by atoms with van der Waals surface area (Å²) >= 11 is 0. The fourth-order valence-electron chi connectivity index (χ4n) is 2.99. The maximum Gasteiger partial charge on any atom is 0.222 e. The summed E-state index contributed by atoms with van der Waals surface area (Å²) in [5.41, 5.74) is 5.63. The van der Waals surface area contributed by atoms with Gasteiger partial charge in [0.25, 0.3) is 0 Å². The van der Waals surface area contributed by atoms with Gasteiger partial charge in [0.2, 0.25) is 11.8 Å². The Labute approximate surface area is 96.2 Å². The highest BCUT2D eigenvalue weighted by molar-refractivity contribution is 5.77. The molecule has 2 N–H and O–H groups in total. The Morgan fingerprint density at radius 3 is 2.31 bits per heavy atom. The molecule has 1 saturated heterocycles. The highest BCUT2D eigenvalue weighted by atomic mass is 16.2. The van der Waals surface area contributed by atoms with Gasteiger partial charge in [0.05, 0.1) is 0 Å². The third-order valence-electron chi connectivity index (χ3n) is 4.16. The van der Waals surface area contributed by atoms with E-state index in [9.17, 15) is 9.59 Å². The summed E-state index contributed by atoms with van der Waals surface area (Å²) in [5, 5.41) is 0. The molecule has 0 bridgehead atoms. The molecule has 0 aromatic rings. The lowest BCUT2D eigenvalue weighted by atomic mass is 9.65. The van der Waals surface area contributed by atoms with Crippen LogP contribution in [-0.4, -0.2) is 29.8 Å². The van der Waals surface area contributed by atoms with E-state index in [1.54, 1.807) is 0 Å². The summed E-state index contributed by atoms with van der Waals surface area (Å²) in [5.74, 6) is 0.167. The van der Waals surface area contributed by atoms with Crippen LogP contribution in [0.25, 0.3) is 0 Å². The Kier molecular flexibility index (Phi) is 2.91. The largest absolute Gasteiger partial charge is 0.369 e. The molecule has 2 aliphatic rings. The van der Waals surface area contributed by atoms with E-state index in [1.807, 2.05) is 11.8 Å². The van der Waals surface area contributed by atoms with E-state index >= 15 is 0 Å². The molecule has 4 nitrogen and oxygen atoms in total. The maximum absolute atomic E-state index is 11.4. The molecule has 4 heteroatoms. The van der Waals surface area contributed by atoms with Crippen molar-refractivity contribution in [2.75, 3.05) is 13.1 Å². The van der Waals surface area contributed by atoms with E-state index < -0.39 is 0 Å². The zero-order chi connectivity index (χ0) is 11.8. The third kappa shape index (κ3) is 1.93. The average Bonchev–Trinajstić information content (AvgIpc) is 2.25. The van der Waals surface area contributed by atoms with Crippen LogP contribution >= 0.6 is 0 Å². The van der Waals surface area contributed by atoms with Gasteiger partial charge in [-0.15, -0.1) is 0 Å². The quantitative estimate of drug-likeness (QED) is 0.757. The second-order valence-corrected chi connectivity index (χ2v) is 5.28. The molecule has 16 heavy (non-hydrogen) atoms. The standard InChI is InChI=1S/C12H20N2O2/c1-2-10(15)14-7-12(8-14)5-3-9(4-6-12)11(13)16/h9H,2-8H2,1H3,(H2,13,16). The molecule has 1 aliphatic carbocycles. The molecule has 0 radical (unpaired) electrons. The van der Waals surface area contributed by atoms with Crippen LogP contribution in [0.2, 0.25) is 0 Å². The lowest BCUT2D eigenvalue weighted by molar-refractivity contribution is -0.147. The van der Waals surface area contributed by atoms with Gasteiger partial charge in [0.15, 0.2) is 0 Å². The van der Waals surface area contributed by atoms with Gasteiger partial charge in [-0.3, -0.25) is 9.59 Å². The number of hydrogen-bond donors (Lipinski definition) is 1. The Morgan fingerprint density at radius 2 is 1.88 bits per heavy atom. The first-order chi connectivity index (χ1) is 7.56. The SMILES string of the molecule is CCC(=O)N1CC2(CCC(C(N)=O)CC2)C1. The summed E-state index contributed by atoms with van der Waals surface area (Å²) in [7, 11) is 0. The number of carbonyl (C=O) groups excluding carboxylic acids is 2. The second kappa shape index (κ2) is 4.07. The predicted molar refractivity (Wildman–Crippen MR) is 60.5 cm³/mol. The van der Waals surface area contributed by atoms with Crippen LogP contribution in [0, 0.1) is 11.3 Å². The Balaban J connectivity index is 1.83. The van der Waals surface area contributed by atoms with Crippen molar-refractivity contribution in [3.63, 3.8) is 0 Å². The minimum atomic E-state index is -0.157. The van der Waals surface area contributed by atoms with Crippen molar-refractivity contribution in [1.29, 1.82) is 0 Å². The monoisotopic (exact) mass is 224 g/mol. The first-order valence-electron chi connectivity index (χ1n) is 6.13. The lowest BCUT2D eigenvalue weighted by Gasteiger charge is -2.53. The van der Waals surface area contributed by atoms with Gasteiger partial charge < -0.3 is 10.6 Å². The molecule has 90 valence electrons. The van der Waals surface area contributed by atoms with Gasteiger partial charge in [0.1, 0.15) is 0 Å². The van der Waals surface area contributed by atoms with Crippen LogP contribution in [0.1, 0.15) is 39.0 Å². The molecule has 2 rings (SSSR count). The van der Waals surface area contributed by atoms with Crippen LogP contribution in [0.4, 0.5) is 0 Å². The minimum Gasteiger partial charge on any atom is -0.369 e. The maximum atomic E-state index is 11.4. The molecule has 1 aliphatic heterocycles. The van der Waals surface area contributed by atoms with Crippen molar-refractivity contribution < 1.29 is 9.59 Å². The fourth-order valence-corrected chi connectivity index (χ4v) is 2.99. The van der Waals surface area contributed by atoms with Gasteiger partial charge in [-0.05, 0) is 25.7 Å². The molecule has 1 saturated carbocycles. The van der Waals surface area contributed by atoms with Gasteiger partial charge in [-0.2, -0.15) is 0 Å². The Hall–Kier alpha value is -1.06. The minimum absolute atomic E-state index is 0.0709. The Morgan fingerprint density at radius 1 is 1.31 bits per heavy atom.